The minimum Gasteiger partial charge on any atom is -0.497 e. The van der Waals surface area contributed by atoms with Crippen molar-refractivity contribution in [3.05, 3.63) is 23.5 Å². The molecule has 1 aromatic carbocycles. The minimum absolute atomic E-state index is 0.263. The second-order valence-electron chi connectivity index (χ2n) is 3.42. The molecule has 0 aliphatic heterocycles. The van der Waals surface area contributed by atoms with Crippen molar-refractivity contribution in [2.24, 2.45) is 0 Å². The molecule has 0 saturated heterocycles. The number of carbonyl (C=O) groups is 1. The zero-order chi connectivity index (χ0) is 14.6. The SMILES string of the molecule is COc1cc(NC(=O)CC#N)c(F)c(C(F)(F)F)c1. The van der Waals surface area contributed by atoms with Crippen molar-refractivity contribution in [2.75, 3.05) is 12.4 Å². The van der Waals surface area contributed by atoms with Crippen LogP contribution in [0.25, 0.3) is 0 Å². The van der Waals surface area contributed by atoms with Crippen LogP contribution >= 0.6 is 0 Å². The van der Waals surface area contributed by atoms with Crippen LogP contribution in [0.3, 0.4) is 0 Å². The summed E-state index contributed by atoms with van der Waals surface area (Å²) in [5.74, 6) is -2.80. The van der Waals surface area contributed by atoms with E-state index >= 15 is 0 Å². The number of amides is 1. The smallest absolute Gasteiger partial charge is 0.419 e. The van der Waals surface area contributed by atoms with Gasteiger partial charge in [-0.05, 0) is 6.07 Å². The number of nitrogens with one attached hydrogen (secondary N) is 1. The Balaban J connectivity index is 3.25. The van der Waals surface area contributed by atoms with Gasteiger partial charge in [0.2, 0.25) is 5.91 Å². The van der Waals surface area contributed by atoms with Crippen LogP contribution in [0.1, 0.15) is 12.0 Å². The van der Waals surface area contributed by atoms with E-state index in [0.717, 1.165) is 13.2 Å². The average molecular weight is 276 g/mol. The third-order valence-corrected chi connectivity index (χ3v) is 2.10. The fourth-order valence-electron chi connectivity index (χ4n) is 1.28. The first-order chi connectivity index (χ1) is 8.79. The van der Waals surface area contributed by atoms with Crippen LogP contribution in [0.2, 0.25) is 0 Å². The van der Waals surface area contributed by atoms with Gasteiger partial charge in [0, 0.05) is 6.07 Å². The van der Waals surface area contributed by atoms with E-state index in [9.17, 15) is 22.4 Å². The van der Waals surface area contributed by atoms with Crippen molar-refractivity contribution < 1.29 is 27.1 Å². The Morgan fingerprint density at radius 1 is 1.47 bits per heavy atom. The molecule has 102 valence electrons. The molecule has 0 aliphatic carbocycles. The number of rotatable bonds is 3. The lowest BCUT2D eigenvalue weighted by molar-refractivity contribution is -0.140. The van der Waals surface area contributed by atoms with Gasteiger partial charge >= 0.3 is 6.18 Å². The van der Waals surface area contributed by atoms with Gasteiger partial charge in [-0.25, -0.2) is 4.39 Å². The second kappa shape index (κ2) is 5.56. The van der Waals surface area contributed by atoms with E-state index in [4.69, 9.17) is 5.26 Å². The van der Waals surface area contributed by atoms with Crippen LogP contribution in [0, 0.1) is 17.1 Å². The molecule has 0 aromatic heterocycles. The number of carbonyl (C=O) groups excluding carboxylic acids is 1. The van der Waals surface area contributed by atoms with E-state index in [2.05, 4.69) is 4.74 Å². The molecular formula is C11H8F4N2O2. The zero-order valence-corrected chi connectivity index (χ0v) is 9.64. The summed E-state index contributed by atoms with van der Waals surface area (Å²) in [7, 11) is 1.11. The number of nitrogens with zero attached hydrogens (tertiary/aromatic N) is 1. The first kappa shape index (κ1) is 14.8. The topological polar surface area (TPSA) is 62.1 Å². The maximum Gasteiger partial charge on any atom is 0.419 e. The van der Waals surface area contributed by atoms with Gasteiger partial charge < -0.3 is 10.1 Å². The van der Waals surface area contributed by atoms with Gasteiger partial charge in [-0.2, -0.15) is 18.4 Å². The van der Waals surface area contributed by atoms with E-state index in [-0.39, 0.29) is 5.75 Å². The third-order valence-electron chi connectivity index (χ3n) is 2.10. The maximum atomic E-state index is 13.6. The van der Waals surface area contributed by atoms with Crippen LogP contribution in [0.5, 0.6) is 5.75 Å². The third kappa shape index (κ3) is 3.58. The predicted molar refractivity (Wildman–Crippen MR) is 56.8 cm³/mol. The molecule has 0 radical (unpaired) electrons. The number of alkyl halides is 3. The summed E-state index contributed by atoms with van der Waals surface area (Å²) in [6.45, 7) is 0. The van der Waals surface area contributed by atoms with Gasteiger partial charge in [0.15, 0.2) is 5.82 Å². The Morgan fingerprint density at radius 3 is 2.58 bits per heavy atom. The Morgan fingerprint density at radius 2 is 2.11 bits per heavy atom. The lowest BCUT2D eigenvalue weighted by Crippen LogP contribution is -2.15. The molecule has 0 heterocycles. The largest absolute Gasteiger partial charge is 0.497 e. The van der Waals surface area contributed by atoms with Crippen molar-refractivity contribution in [3.8, 4) is 11.8 Å². The summed E-state index contributed by atoms with van der Waals surface area (Å²) >= 11 is 0. The summed E-state index contributed by atoms with van der Waals surface area (Å²) < 4.78 is 55.9. The van der Waals surface area contributed by atoms with Crippen molar-refractivity contribution >= 4 is 11.6 Å². The number of methoxy groups -OCH3 is 1. The van der Waals surface area contributed by atoms with E-state index < -0.39 is 35.6 Å². The van der Waals surface area contributed by atoms with Crippen molar-refractivity contribution in [1.82, 2.24) is 0 Å². The molecule has 0 spiro atoms. The number of hydrogen-bond acceptors (Lipinski definition) is 3. The number of ether oxygens (including phenoxy) is 1. The highest BCUT2D eigenvalue weighted by molar-refractivity contribution is 5.92. The molecule has 0 bridgehead atoms. The fourth-order valence-corrected chi connectivity index (χ4v) is 1.28. The summed E-state index contributed by atoms with van der Waals surface area (Å²) in [5, 5.41) is 10.1. The summed E-state index contributed by atoms with van der Waals surface area (Å²) in [6.07, 6.45) is -5.52. The molecule has 4 nitrogen and oxygen atoms in total. The van der Waals surface area contributed by atoms with Crippen molar-refractivity contribution in [2.45, 2.75) is 12.6 Å². The molecule has 0 saturated carbocycles. The second-order valence-corrected chi connectivity index (χ2v) is 3.42. The zero-order valence-electron chi connectivity index (χ0n) is 9.64. The van der Waals surface area contributed by atoms with Gasteiger partial charge in [-0.15, -0.1) is 0 Å². The monoisotopic (exact) mass is 276 g/mol. The Labute approximate surface area is 105 Å². The molecule has 8 heteroatoms. The van der Waals surface area contributed by atoms with Crippen molar-refractivity contribution in [3.63, 3.8) is 0 Å². The van der Waals surface area contributed by atoms with Crippen molar-refractivity contribution in [1.29, 1.82) is 5.26 Å². The van der Waals surface area contributed by atoms with Crippen LogP contribution < -0.4 is 10.1 Å². The number of halogens is 4. The van der Waals surface area contributed by atoms with Gasteiger partial charge in [0.25, 0.3) is 0 Å². The Kier molecular flexibility index (Phi) is 4.32. The van der Waals surface area contributed by atoms with Gasteiger partial charge in [-0.3, -0.25) is 4.79 Å². The number of anilines is 1. The first-order valence-electron chi connectivity index (χ1n) is 4.91. The predicted octanol–water partition coefficient (Wildman–Crippen LogP) is 2.71. The normalized spacial score (nSPS) is 10.7. The highest BCUT2D eigenvalue weighted by Crippen LogP contribution is 2.37. The number of benzene rings is 1. The molecule has 0 unspecified atom stereocenters. The van der Waals surface area contributed by atoms with E-state index in [1.54, 1.807) is 0 Å². The molecule has 0 atom stereocenters. The molecule has 19 heavy (non-hydrogen) atoms. The molecule has 1 aromatic rings. The Bertz CT molecular complexity index is 535. The van der Waals surface area contributed by atoms with E-state index in [1.807, 2.05) is 5.32 Å². The molecule has 0 aliphatic rings. The van der Waals surface area contributed by atoms with E-state index in [1.165, 1.54) is 6.07 Å². The summed E-state index contributed by atoms with van der Waals surface area (Å²) in [4.78, 5) is 11.1. The van der Waals surface area contributed by atoms with Gasteiger partial charge in [0.1, 0.15) is 12.2 Å². The summed E-state index contributed by atoms with van der Waals surface area (Å²) in [5.41, 5.74) is -2.24. The lowest BCUT2D eigenvalue weighted by Gasteiger charge is -2.13. The van der Waals surface area contributed by atoms with Crippen LogP contribution in [0.4, 0.5) is 23.2 Å². The lowest BCUT2D eigenvalue weighted by atomic mass is 10.1. The number of hydrogen-bond donors (Lipinski definition) is 1. The van der Waals surface area contributed by atoms with Crippen LogP contribution in [0.15, 0.2) is 12.1 Å². The van der Waals surface area contributed by atoms with Crippen LogP contribution in [-0.2, 0) is 11.0 Å². The highest BCUT2D eigenvalue weighted by atomic mass is 19.4. The minimum atomic E-state index is -4.92. The molecule has 1 amide bonds. The molecule has 1 N–H and O–H groups in total. The highest BCUT2D eigenvalue weighted by Gasteiger charge is 2.36. The standard InChI is InChI=1S/C11H8F4N2O2/c1-19-6-4-7(11(13,14)15)10(12)8(5-6)17-9(18)2-3-16/h4-5H,2H2,1H3,(H,17,18). The fraction of sp³-hybridized carbons (Fsp3) is 0.273. The van der Waals surface area contributed by atoms with Gasteiger partial charge in [-0.1, -0.05) is 0 Å². The summed E-state index contributed by atoms with van der Waals surface area (Å²) in [6, 6.07) is 2.88. The maximum absolute atomic E-state index is 13.6. The molecule has 1 rings (SSSR count). The van der Waals surface area contributed by atoms with Gasteiger partial charge in [0.05, 0.1) is 24.4 Å². The van der Waals surface area contributed by atoms with E-state index in [0.29, 0.717) is 6.07 Å². The first-order valence-corrected chi connectivity index (χ1v) is 4.91. The molecule has 0 fully saturated rings. The van der Waals surface area contributed by atoms with Crippen LogP contribution in [-0.4, -0.2) is 13.0 Å². The molecular weight excluding hydrogens is 268 g/mol. The number of nitriles is 1. The quantitative estimate of drug-likeness (QED) is 0.863. The Hall–Kier alpha value is -2.30. The average Bonchev–Trinajstić information content (AvgIpc) is 2.30.